The van der Waals surface area contributed by atoms with E-state index in [1.165, 1.54) is 12.8 Å². The number of hydrogen-bond acceptors (Lipinski definition) is 3. The Kier molecular flexibility index (Phi) is 4.41. The van der Waals surface area contributed by atoms with Crippen LogP contribution in [-0.4, -0.2) is 19.1 Å². The molecule has 1 aliphatic carbocycles. The first kappa shape index (κ1) is 12.4. The quantitative estimate of drug-likeness (QED) is 0.793. The van der Waals surface area contributed by atoms with E-state index in [9.17, 15) is 0 Å². The molecule has 1 saturated carbocycles. The topological polar surface area (TPSA) is 47.9 Å². The second-order valence-electron chi connectivity index (χ2n) is 4.31. The molecule has 1 aliphatic rings. The van der Waals surface area contributed by atoms with Gasteiger partial charge in [-0.3, -0.25) is 0 Å². The number of halogens is 1. The van der Waals surface area contributed by atoms with Gasteiger partial charge in [0.05, 0.1) is 11.3 Å². The number of benzene rings is 1. The fourth-order valence-corrected chi connectivity index (χ4v) is 2.03. The van der Waals surface area contributed by atoms with E-state index in [0.29, 0.717) is 5.56 Å². The molecule has 2 N–H and O–H groups in total. The van der Waals surface area contributed by atoms with Crippen LogP contribution in [0.3, 0.4) is 0 Å². The van der Waals surface area contributed by atoms with Gasteiger partial charge >= 0.3 is 0 Å². The van der Waals surface area contributed by atoms with Crippen LogP contribution >= 0.6 is 15.9 Å². The van der Waals surface area contributed by atoms with E-state index in [2.05, 4.69) is 32.6 Å². The van der Waals surface area contributed by atoms with Crippen molar-refractivity contribution in [2.75, 3.05) is 18.4 Å². The standard InChI is InChI=1S/C13H16BrN3/c14-11-3-2-10(9-15)13(8-11)17-7-1-6-16-12-4-5-12/h2-3,8,12,16-17H,1,4-7H2. The van der Waals surface area contributed by atoms with E-state index in [1.807, 2.05) is 18.2 Å². The second kappa shape index (κ2) is 6.04. The summed E-state index contributed by atoms with van der Waals surface area (Å²) in [6.07, 6.45) is 3.74. The van der Waals surface area contributed by atoms with Crippen LogP contribution in [0.4, 0.5) is 5.69 Å². The smallest absolute Gasteiger partial charge is 0.101 e. The number of rotatable bonds is 6. The first-order chi connectivity index (χ1) is 8.29. The summed E-state index contributed by atoms with van der Waals surface area (Å²) in [6.45, 7) is 1.94. The fourth-order valence-electron chi connectivity index (χ4n) is 1.67. The molecule has 0 atom stereocenters. The maximum absolute atomic E-state index is 8.98. The van der Waals surface area contributed by atoms with Crippen molar-refractivity contribution in [3.05, 3.63) is 28.2 Å². The maximum atomic E-state index is 8.98. The highest BCUT2D eigenvalue weighted by Crippen LogP contribution is 2.21. The molecule has 0 bridgehead atoms. The molecule has 3 nitrogen and oxygen atoms in total. The van der Waals surface area contributed by atoms with Crippen molar-refractivity contribution in [1.29, 1.82) is 5.26 Å². The molecule has 0 aromatic heterocycles. The molecule has 1 aromatic carbocycles. The molecule has 1 aromatic rings. The molecule has 0 saturated heterocycles. The van der Waals surface area contributed by atoms with Gasteiger partial charge in [0.25, 0.3) is 0 Å². The molecular weight excluding hydrogens is 278 g/mol. The van der Waals surface area contributed by atoms with Crippen molar-refractivity contribution >= 4 is 21.6 Å². The lowest BCUT2D eigenvalue weighted by atomic mass is 10.2. The summed E-state index contributed by atoms with van der Waals surface area (Å²) < 4.78 is 0.995. The van der Waals surface area contributed by atoms with Crippen LogP contribution in [0.2, 0.25) is 0 Å². The van der Waals surface area contributed by atoms with Gasteiger partial charge in [-0.2, -0.15) is 5.26 Å². The number of nitriles is 1. The maximum Gasteiger partial charge on any atom is 0.101 e. The van der Waals surface area contributed by atoms with E-state index < -0.39 is 0 Å². The van der Waals surface area contributed by atoms with Crippen molar-refractivity contribution in [2.45, 2.75) is 25.3 Å². The summed E-state index contributed by atoms with van der Waals surface area (Å²) in [5.74, 6) is 0. The summed E-state index contributed by atoms with van der Waals surface area (Å²) in [5.41, 5.74) is 1.61. The van der Waals surface area contributed by atoms with Gasteiger partial charge in [0.1, 0.15) is 6.07 Å². The fraction of sp³-hybridized carbons (Fsp3) is 0.462. The molecule has 0 radical (unpaired) electrons. The average molecular weight is 294 g/mol. The third-order valence-corrected chi connectivity index (χ3v) is 3.27. The van der Waals surface area contributed by atoms with Gasteiger partial charge in [-0.15, -0.1) is 0 Å². The van der Waals surface area contributed by atoms with Crippen molar-refractivity contribution < 1.29 is 0 Å². The molecule has 1 fully saturated rings. The highest BCUT2D eigenvalue weighted by Gasteiger charge is 2.19. The Balaban J connectivity index is 1.76. The zero-order valence-electron chi connectivity index (χ0n) is 9.67. The predicted molar refractivity (Wildman–Crippen MR) is 73.0 cm³/mol. The second-order valence-corrected chi connectivity index (χ2v) is 5.23. The van der Waals surface area contributed by atoms with E-state index in [4.69, 9.17) is 5.26 Å². The Bertz CT molecular complexity index is 421. The largest absolute Gasteiger partial charge is 0.384 e. The summed E-state index contributed by atoms with van der Waals surface area (Å²) >= 11 is 3.41. The lowest BCUT2D eigenvalue weighted by molar-refractivity contribution is 0.659. The Morgan fingerprint density at radius 3 is 2.88 bits per heavy atom. The minimum atomic E-state index is 0.698. The predicted octanol–water partition coefficient (Wildman–Crippen LogP) is 2.87. The molecular formula is C13H16BrN3. The lowest BCUT2D eigenvalue weighted by Gasteiger charge is -2.09. The van der Waals surface area contributed by atoms with Crippen LogP contribution in [0, 0.1) is 11.3 Å². The highest BCUT2D eigenvalue weighted by atomic mass is 79.9. The Morgan fingerprint density at radius 2 is 2.18 bits per heavy atom. The number of anilines is 1. The molecule has 17 heavy (non-hydrogen) atoms. The minimum Gasteiger partial charge on any atom is -0.384 e. The van der Waals surface area contributed by atoms with Crippen molar-refractivity contribution in [1.82, 2.24) is 5.32 Å². The van der Waals surface area contributed by atoms with Gasteiger partial charge in [-0.05, 0) is 44.0 Å². The first-order valence-electron chi connectivity index (χ1n) is 5.96. The van der Waals surface area contributed by atoms with Crippen LogP contribution < -0.4 is 10.6 Å². The van der Waals surface area contributed by atoms with Crippen molar-refractivity contribution in [3.63, 3.8) is 0 Å². The van der Waals surface area contributed by atoms with Crippen LogP contribution in [0.1, 0.15) is 24.8 Å². The highest BCUT2D eigenvalue weighted by molar-refractivity contribution is 9.10. The number of nitrogens with one attached hydrogen (secondary N) is 2. The van der Waals surface area contributed by atoms with Crippen LogP contribution in [-0.2, 0) is 0 Å². The van der Waals surface area contributed by atoms with Crippen molar-refractivity contribution in [3.8, 4) is 6.07 Å². The van der Waals surface area contributed by atoms with Gasteiger partial charge in [-0.1, -0.05) is 15.9 Å². The van der Waals surface area contributed by atoms with Crippen molar-refractivity contribution in [2.24, 2.45) is 0 Å². The average Bonchev–Trinajstić information content (AvgIpc) is 3.13. The SMILES string of the molecule is N#Cc1ccc(Br)cc1NCCCNC1CC1. The lowest BCUT2D eigenvalue weighted by Crippen LogP contribution is -2.20. The Labute approximate surface area is 110 Å². The molecule has 4 heteroatoms. The van der Waals surface area contributed by atoms with E-state index >= 15 is 0 Å². The summed E-state index contributed by atoms with van der Waals surface area (Å²) in [5, 5.41) is 15.8. The van der Waals surface area contributed by atoms with Gasteiger partial charge in [0.2, 0.25) is 0 Å². The molecule has 0 spiro atoms. The molecule has 2 rings (SSSR count). The molecule has 0 amide bonds. The Hall–Kier alpha value is -1.05. The molecule has 0 unspecified atom stereocenters. The monoisotopic (exact) mass is 293 g/mol. The van der Waals surface area contributed by atoms with Gasteiger partial charge in [0, 0.05) is 17.1 Å². The van der Waals surface area contributed by atoms with Gasteiger partial charge in [-0.25, -0.2) is 0 Å². The molecule has 0 heterocycles. The zero-order valence-corrected chi connectivity index (χ0v) is 11.3. The number of hydrogen-bond donors (Lipinski definition) is 2. The zero-order chi connectivity index (χ0) is 12.1. The summed E-state index contributed by atoms with van der Waals surface area (Å²) in [4.78, 5) is 0. The normalized spacial score (nSPS) is 14.4. The van der Waals surface area contributed by atoms with Crippen LogP contribution in [0.25, 0.3) is 0 Å². The molecule has 0 aliphatic heterocycles. The third-order valence-electron chi connectivity index (χ3n) is 2.78. The van der Waals surface area contributed by atoms with E-state index in [1.54, 1.807) is 0 Å². The van der Waals surface area contributed by atoms with Crippen LogP contribution in [0.5, 0.6) is 0 Å². The van der Waals surface area contributed by atoms with Gasteiger partial charge < -0.3 is 10.6 Å². The first-order valence-corrected chi connectivity index (χ1v) is 6.76. The Morgan fingerprint density at radius 1 is 1.35 bits per heavy atom. The third kappa shape index (κ3) is 4.03. The number of nitrogens with zero attached hydrogens (tertiary/aromatic N) is 1. The minimum absolute atomic E-state index is 0.698. The van der Waals surface area contributed by atoms with Crippen LogP contribution in [0.15, 0.2) is 22.7 Å². The summed E-state index contributed by atoms with van der Waals surface area (Å²) in [7, 11) is 0. The van der Waals surface area contributed by atoms with E-state index in [0.717, 1.165) is 35.7 Å². The van der Waals surface area contributed by atoms with E-state index in [-0.39, 0.29) is 0 Å². The summed E-state index contributed by atoms with van der Waals surface area (Å²) in [6, 6.07) is 8.63. The van der Waals surface area contributed by atoms with Gasteiger partial charge in [0.15, 0.2) is 0 Å². The molecule has 90 valence electrons.